The lowest BCUT2D eigenvalue weighted by molar-refractivity contribution is -0.255. The van der Waals surface area contributed by atoms with Crippen LogP contribution in [0, 0.1) is 0 Å². The van der Waals surface area contributed by atoms with Gasteiger partial charge in [0.1, 0.15) is 0 Å². The molecule has 0 bridgehead atoms. The average molecular weight is 455 g/mol. The minimum atomic E-state index is -1.29. The molecular weight excluding hydrogens is 438 g/mol. The monoisotopic (exact) mass is 454 g/mol. The minimum Gasteiger partial charge on any atom is -0.545 e. The van der Waals surface area contributed by atoms with Crippen LogP contribution in [0.25, 0.3) is 6.08 Å². The number of ether oxygens (including phenoxy) is 1. The highest BCUT2D eigenvalue weighted by Gasteiger charge is 2.38. The number of carbonyl (C=O) groups is 3. The molecule has 29 heavy (non-hydrogen) atoms. The van der Waals surface area contributed by atoms with Crippen LogP contribution in [0.4, 0.5) is 5.69 Å². The summed E-state index contributed by atoms with van der Waals surface area (Å²) in [5, 5.41) is 10.9. The van der Waals surface area contributed by atoms with Gasteiger partial charge < -0.3 is 14.6 Å². The van der Waals surface area contributed by atoms with Gasteiger partial charge in [-0.25, -0.2) is 4.79 Å². The number of carbonyl (C=O) groups excluding carboxylic acids is 3. The molecule has 0 saturated heterocycles. The predicted molar refractivity (Wildman–Crippen MR) is 110 cm³/mol. The van der Waals surface area contributed by atoms with E-state index < -0.39 is 11.9 Å². The van der Waals surface area contributed by atoms with Gasteiger partial charge in [-0.1, -0.05) is 40.2 Å². The molecule has 0 aromatic heterocycles. The Bertz CT molecular complexity index is 1040. The number of hydrogen-bond acceptors (Lipinski definition) is 5. The van der Waals surface area contributed by atoms with Crippen LogP contribution < -0.4 is 10.0 Å². The van der Waals surface area contributed by atoms with Crippen LogP contribution in [0.15, 0.2) is 69.8 Å². The Balaban J connectivity index is 2.08. The first-order valence-corrected chi connectivity index (χ1v) is 9.64. The molecular formula is C22H17BrNO5-. The van der Waals surface area contributed by atoms with Crippen molar-refractivity contribution in [2.24, 2.45) is 0 Å². The van der Waals surface area contributed by atoms with Gasteiger partial charge in [0.25, 0.3) is 5.91 Å². The van der Waals surface area contributed by atoms with Gasteiger partial charge in [0.2, 0.25) is 0 Å². The van der Waals surface area contributed by atoms with Crippen LogP contribution in [-0.2, 0) is 14.3 Å². The van der Waals surface area contributed by atoms with Crippen molar-refractivity contribution in [1.29, 1.82) is 0 Å². The van der Waals surface area contributed by atoms with Crippen LogP contribution in [0.2, 0.25) is 0 Å². The number of aromatic carboxylic acids is 1. The SMILES string of the molecule is CCOC(=O)C1=C(C)N(c2ccc(Br)cc2)C(=O)/C1=C\c1ccc(C(=O)[O-])cc1. The molecule has 0 unspecified atom stereocenters. The van der Waals surface area contributed by atoms with Gasteiger partial charge in [-0.3, -0.25) is 9.69 Å². The molecule has 1 aliphatic rings. The van der Waals surface area contributed by atoms with E-state index in [1.807, 2.05) is 0 Å². The van der Waals surface area contributed by atoms with Crippen LogP contribution in [0.3, 0.4) is 0 Å². The largest absolute Gasteiger partial charge is 0.545 e. The topological polar surface area (TPSA) is 86.7 Å². The summed E-state index contributed by atoms with van der Waals surface area (Å²) in [4.78, 5) is 38.2. The smallest absolute Gasteiger partial charge is 0.340 e. The zero-order chi connectivity index (χ0) is 21.1. The number of esters is 1. The van der Waals surface area contributed by atoms with E-state index in [2.05, 4.69) is 15.9 Å². The molecule has 2 aromatic rings. The summed E-state index contributed by atoms with van der Waals surface area (Å²) in [5.74, 6) is -2.24. The quantitative estimate of drug-likeness (QED) is 0.511. The second-order valence-corrected chi connectivity index (χ2v) is 7.18. The maximum absolute atomic E-state index is 13.2. The molecule has 0 aliphatic carbocycles. The Morgan fingerprint density at radius 3 is 2.28 bits per heavy atom. The number of carboxylic acid groups (broad SMARTS) is 1. The average Bonchev–Trinajstić information content (AvgIpc) is 2.93. The lowest BCUT2D eigenvalue weighted by Crippen LogP contribution is -2.24. The van der Waals surface area contributed by atoms with Crippen molar-refractivity contribution in [3.8, 4) is 0 Å². The molecule has 1 aliphatic heterocycles. The highest BCUT2D eigenvalue weighted by Crippen LogP contribution is 2.35. The molecule has 6 nitrogen and oxygen atoms in total. The van der Waals surface area contributed by atoms with Crippen LogP contribution in [-0.4, -0.2) is 24.5 Å². The van der Waals surface area contributed by atoms with Crippen molar-refractivity contribution in [2.45, 2.75) is 13.8 Å². The summed E-state index contributed by atoms with van der Waals surface area (Å²) in [7, 11) is 0. The summed E-state index contributed by atoms with van der Waals surface area (Å²) < 4.78 is 6.02. The second-order valence-electron chi connectivity index (χ2n) is 6.27. The molecule has 148 valence electrons. The fraction of sp³-hybridized carbons (Fsp3) is 0.136. The third-order valence-electron chi connectivity index (χ3n) is 4.42. The van der Waals surface area contributed by atoms with Crippen molar-refractivity contribution in [2.75, 3.05) is 11.5 Å². The summed E-state index contributed by atoms with van der Waals surface area (Å²) in [6.45, 7) is 3.56. The molecule has 7 heteroatoms. The van der Waals surface area contributed by atoms with Gasteiger partial charge in [0.15, 0.2) is 0 Å². The van der Waals surface area contributed by atoms with E-state index in [9.17, 15) is 19.5 Å². The summed E-state index contributed by atoms with van der Waals surface area (Å²) in [6, 6.07) is 13.0. The van der Waals surface area contributed by atoms with E-state index in [-0.39, 0.29) is 29.2 Å². The Morgan fingerprint density at radius 2 is 1.72 bits per heavy atom. The van der Waals surface area contributed by atoms with Gasteiger partial charge in [-0.15, -0.1) is 0 Å². The first kappa shape index (κ1) is 20.5. The Morgan fingerprint density at radius 1 is 1.10 bits per heavy atom. The zero-order valence-corrected chi connectivity index (χ0v) is 17.4. The van der Waals surface area contributed by atoms with Crippen LogP contribution >= 0.6 is 15.9 Å². The number of allylic oxidation sites excluding steroid dienone is 1. The number of amides is 1. The van der Waals surface area contributed by atoms with Gasteiger partial charge in [0.05, 0.1) is 23.7 Å². The number of nitrogens with zero attached hydrogens (tertiary/aromatic N) is 1. The first-order chi connectivity index (χ1) is 13.8. The molecule has 0 spiro atoms. The van der Waals surface area contributed by atoms with Crippen molar-refractivity contribution < 1.29 is 24.2 Å². The first-order valence-electron chi connectivity index (χ1n) is 8.85. The van der Waals surface area contributed by atoms with E-state index in [4.69, 9.17) is 4.74 Å². The molecule has 2 aromatic carbocycles. The molecule has 1 heterocycles. The summed E-state index contributed by atoms with van der Waals surface area (Å²) in [6.07, 6.45) is 1.55. The minimum absolute atomic E-state index is 0.0266. The number of rotatable bonds is 5. The number of benzene rings is 2. The number of anilines is 1. The predicted octanol–water partition coefficient (Wildman–Crippen LogP) is 3.08. The summed E-state index contributed by atoms with van der Waals surface area (Å²) in [5.41, 5.74) is 2.06. The third kappa shape index (κ3) is 4.14. The Hall–Kier alpha value is -3.19. The number of carboxylic acids is 1. The number of halogens is 1. The Kier molecular flexibility index (Phi) is 5.98. The molecule has 0 saturated carbocycles. The number of hydrogen-bond donors (Lipinski definition) is 0. The maximum Gasteiger partial charge on any atom is 0.340 e. The zero-order valence-electron chi connectivity index (χ0n) is 15.8. The highest BCUT2D eigenvalue weighted by atomic mass is 79.9. The van der Waals surface area contributed by atoms with Gasteiger partial charge >= 0.3 is 5.97 Å². The van der Waals surface area contributed by atoms with E-state index in [0.717, 1.165) is 4.47 Å². The van der Waals surface area contributed by atoms with E-state index in [0.29, 0.717) is 16.9 Å². The normalized spacial score (nSPS) is 15.2. The lowest BCUT2D eigenvalue weighted by Gasteiger charge is -2.18. The third-order valence-corrected chi connectivity index (χ3v) is 4.95. The van der Waals surface area contributed by atoms with Crippen molar-refractivity contribution in [3.05, 3.63) is 81.0 Å². The lowest BCUT2D eigenvalue weighted by atomic mass is 10.0. The fourth-order valence-electron chi connectivity index (χ4n) is 3.06. The molecule has 0 radical (unpaired) electrons. The van der Waals surface area contributed by atoms with Crippen molar-refractivity contribution in [3.63, 3.8) is 0 Å². The molecule has 0 fully saturated rings. The molecule has 0 N–H and O–H groups in total. The molecule has 0 atom stereocenters. The van der Waals surface area contributed by atoms with Crippen molar-refractivity contribution >= 4 is 45.5 Å². The van der Waals surface area contributed by atoms with Gasteiger partial charge in [-0.05, 0) is 55.3 Å². The standard InChI is InChI=1S/C22H18BrNO5/c1-3-29-22(28)19-13(2)24(17-10-8-16(23)9-11-17)20(25)18(19)12-14-4-6-15(7-5-14)21(26)27/h4-12H,3H2,1-2H3,(H,26,27)/p-1/b18-12-. The van der Waals surface area contributed by atoms with Gasteiger partial charge in [0, 0.05) is 15.9 Å². The van der Waals surface area contributed by atoms with E-state index in [1.54, 1.807) is 56.3 Å². The second kappa shape index (κ2) is 8.45. The van der Waals surface area contributed by atoms with Gasteiger partial charge in [-0.2, -0.15) is 0 Å². The van der Waals surface area contributed by atoms with E-state index >= 15 is 0 Å². The van der Waals surface area contributed by atoms with Crippen LogP contribution in [0.5, 0.6) is 0 Å². The molecule has 1 amide bonds. The van der Waals surface area contributed by atoms with Crippen molar-refractivity contribution in [1.82, 2.24) is 0 Å². The van der Waals surface area contributed by atoms with E-state index in [1.165, 1.54) is 17.0 Å². The summed E-state index contributed by atoms with van der Waals surface area (Å²) >= 11 is 3.36. The Labute approximate surface area is 176 Å². The maximum atomic E-state index is 13.2. The fourth-order valence-corrected chi connectivity index (χ4v) is 3.33. The highest BCUT2D eigenvalue weighted by molar-refractivity contribution is 9.10. The van der Waals surface area contributed by atoms with Crippen LogP contribution in [0.1, 0.15) is 29.8 Å². The molecule has 3 rings (SSSR count).